The number of benzene rings is 2. The van der Waals surface area contributed by atoms with Crippen LogP contribution in [0.4, 0.5) is 0 Å². The fourth-order valence-corrected chi connectivity index (χ4v) is 2.50. The summed E-state index contributed by atoms with van der Waals surface area (Å²) in [4.78, 5) is 14.3. The predicted molar refractivity (Wildman–Crippen MR) is 94.1 cm³/mol. The zero-order valence-corrected chi connectivity index (χ0v) is 14.5. The van der Waals surface area contributed by atoms with Crippen LogP contribution in [0.5, 0.6) is 0 Å². The van der Waals surface area contributed by atoms with Gasteiger partial charge in [-0.15, -0.1) is 0 Å². The number of likely N-dealkylation sites (N-methyl/N-ethyl adjacent to an activating group) is 1. The first-order chi connectivity index (χ1) is 10.6. The van der Waals surface area contributed by atoms with E-state index in [1.54, 1.807) is 0 Å². The smallest absolute Gasteiger partial charge is 0.251 e. The van der Waals surface area contributed by atoms with Crippen LogP contribution in [0.15, 0.2) is 59.1 Å². The number of carbonyl (C=O) groups is 1. The Hall–Kier alpha value is -1.65. The number of rotatable bonds is 6. The zero-order valence-electron chi connectivity index (χ0n) is 12.9. The molecule has 0 saturated heterocycles. The van der Waals surface area contributed by atoms with Crippen molar-refractivity contribution in [1.29, 1.82) is 0 Å². The fourth-order valence-electron chi connectivity index (χ4n) is 2.24. The number of hydrogen-bond acceptors (Lipinski definition) is 2. The van der Waals surface area contributed by atoms with E-state index in [9.17, 15) is 4.79 Å². The summed E-state index contributed by atoms with van der Waals surface area (Å²) in [7, 11) is 4.08. The Kier molecular flexibility index (Phi) is 6.16. The lowest BCUT2D eigenvalue weighted by molar-refractivity contribution is 0.0941. The van der Waals surface area contributed by atoms with Crippen molar-refractivity contribution >= 4 is 21.8 Å². The number of hydrogen-bond donors (Lipinski definition) is 1. The molecule has 1 atom stereocenters. The minimum Gasteiger partial charge on any atom is -0.350 e. The van der Waals surface area contributed by atoms with Gasteiger partial charge in [0.1, 0.15) is 0 Å². The van der Waals surface area contributed by atoms with Gasteiger partial charge in [-0.3, -0.25) is 4.79 Å². The predicted octanol–water partition coefficient (Wildman–Crippen LogP) is 3.35. The van der Waals surface area contributed by atoms with E-state index < -0.39 is 0 Å². The van der Waals surface area contributed by atoms with Crippen molar-refractivity contribution < 1.29 is 4.79 Å². The first-order valence-corrected chi connectivity index (χ1v) is 8.09. The third kappa shape index (κ3) is 4.97. The Morgan fingerprint density at radius 1 is 1.09 bits per heavy atom. The van der Waals surface area contributed by atoms with Crippen molar-refractivity contribution in [3.05, 3.63) is 70.2 Å². The van der Waals surface area contributed by atoms with E-state index in [1.807, 2.05) is 56.6 Å². The molecule has 0 spiro atoms. The second-order valence-electron chi connectivity index (χ2n) is 5.52. The van der Waals surface area contributed by atoms with Gasteiger partial charge in [0.05, 0.1) is 0 Å². The van der Waals surface area contributed by atoms with Crippen LogP contribution < -0.4 is 5.32 Å². The normalized spacial score (nSPS) is 12.2. The van der Waals surface area contributed by atoms with E-state index in [0.717, 1.165) is 10.9 Å². The van der Waals surface area contributed by atoms with E-state index in [1.165, 1.54) is 5.56 Å². The molecule has 1 amide bonds. The van der Waals surface area contributed by atoms with Crippen LogP contribution >= 0.6 is 15.9 Å². The SMILES string of the molecule is CN(C)C(CNC(=O)c1ccc(Br)cc1)Cc1ccccc1. The van der Waals surface area contributed by atoms with Crippen LogP contribution in [-0.4, -0.2) is 37.5 Å². The Morgan fingerprint density at radius 2 is 1.73 bits per heavy atom. The van der Waals surface area contributed by atoms with Crippen LogP contribution in [0.25, 0.3) is 0 Å². The number of nitrogens with zero attached hydrogens (tertiary/aromatic N) is 1. The minimum absolute atomic E-state index is 0.0348. The van der Waals surface area contributed by atoms with Crippen LogP contribution in [0, 0.1) is 0 Å². The minimum atomic E-state index is -0.0348. The van der Waals surface area contributed by atoms with Crippen molar-refractivity contribution in [2.24, 2.45) is 0 Å². The summed E-state index contributed by atoms with van der Waals surface area (Å²) in [6.07, 6.45) is 0.911. The van der Waals surface area contributed by atoms with Crippen molar-refractivity contribution in [3.63, 3.8) is 0 Å². The van der Waals surface area contributed by atoms with Gasteiger partial charge < -0.3 is 10.2 Å². The molecule has 2 aromatic carbocycles. The standard InChI is InChI=1S/C18H21BrN2O/c1-21(2)17(12-14-6-4-3-5-7-14)13-20-18(22)15-8-10-16(19)11-9-15/h3-11,17H,12-13H2,1-2H3,(H,20,22). The molecular formula is C18H21BrN2O. The lowest BCUT2D eigenvalue weighted by Gasteiger charge is -2.24. The molecule has 0 aliphatic rings. The molecule has 116 valence electrons. The number of halogens is 1. The highest BCUT2D eigenvalue weighted by atomic mass is 79.9. The summed E-state index contributed by atoms with van der Waals surface area (Å²) in [5.41, 5.74) is 1.96. The molecule has 0 aliphatic heterocycles. The fraction of sp³-hybridized carbons (Fsp3) is 0.278. The molecule has 22 heavy (non-hydrogen) atoms. The molecule has 2 aromatic rings. The Labute approximate surface area is 140 Å². The Bertz CT molecular complexity index is 596. The average Bonchev–Trinajstić information content (AvgIpc) is 2.52. The van der Waals surface area contributed by atoms with E-state index >= 15 is 0 Å². The maximum atomic E-state index is 12.2. The average molecular weight is 361 g/mol. The third-order valence-electron chi connectivity index (χ3n) is 3.65. The summed E-state index contributed by atoms with van der Waals surface area (Å²) in [6, 6.07) is 18.0. The van der Waals surface area contributed by atoms with Gasteiger partial charge >= 0.3 is 0 Å². The van der Waals surface area contributed by atoms with Gasteiger partial charge in [0.25, 0.3) is 5.91 Å². The highest BCUT2D eigenvalue weighted by Crippen LogP contribution is 2.11. The van der Waals surface area contributed by atoms with E-state index in [-0.39, 0.29) is 11.9 Å². The van der Waals surface area contributed by atoms with Crippen LogP contribution in [0.3, 0.4) is 0 Å². The molecule has 0 aromatic heterocycles. The first-order valence-electron chi connectivity index (χ1n) is 7.30. The van der Waals surface area contributed by atoms with Crippen molar-refractivity contribution in [1.82, 2.24) is 10.2 Å². The maximum absolute atomic E-state index is 12.2. The quantitative estimate of drug-likeness (QED) is 0.856. The number of amides is 1. The summed E-state index contributed by atoms with van der Waals surface area (Å²) >= 11 is 3.37. The number of nitrogens with one attached hydrogen (secondary N) is 1. The topological polar surface area (TPSA) is 32.3 Å². The molecule has 0 heterocycles. The molecular weight excluding hydrogens is 340 g/mol. The summed E-state index contributed by atoms with van der Waals surface area (Å²) in [5, 5.41) is 3.02. The molecule has 3 nitrogen and oxygen atoms in total. The zero-order chi connectivity index (χ0) is 15.9. The van der Waals surface area contributed by atoms with Gasteiger partial charge in [0.2, 0.25) is 0 Å². The first kappa shape index (κ1) is 16.7. The van der Waals surface area contributed by atoms with Crippen LogP contribution in [0.2, 0.25) is 0 Å². The van der Waals surface area contributed by atoms with Gasteiger partial charge in [-0.05, 0) is 50.3 Å². The second kappa shape index (κ2) is 8.11. The van der Waals surface area contributed by atoms with Crippen LogP contribution in [0.1, 0.15) is 15.9 Å². The van der Waals surface area contributed by atoms with E-state index in [2.05, 4.69) is 38.3 Å². The second-order valence-corrected chi connectivity index (χ2v) is 6.44. The summed E-state index contributed by atoms with van der Waals surface area (Å²) in [5.74, 6) is -0.0348. The van der Waals surface area contributed by atoms with Gasteiger partial charge in [0.15, 0.2) is 0 Å². The summed E-state index contributed by atoms with van der Waals surface area (Å²) < 4.78 is 0.972. The summed E-state index contributed by atoms with van der Waals surface area (Å²) in [6.45, 7) is 0.622. The van der Waals surface area contributed by atoms with Gasteiger partial charge in [-0.25, -0.2) is 0 Å². The Morgan fingerprint density at radius 3 is 2.32 bits per heavy atom. The van der Waals surface area contributed by atoms with Gasteiger partial charge in [0, 0.05) is 22.6 Å². The maximum Gasteiger partial charge on any atom is 0.251 e. The molecule has 0 fully saturated rings. The molecule has 0 saturated carbocycles. The lowest BCUT2D eigenvalue weighted by Crippen LogP contribution is -2.41. The van der Waals surface area contributed by atoms with Crippen LogP contribution in [-0.2, 0) is 6.42 Å². The van der Waals surface area contributed by atoms with Gasteiger partial charge in [-0.2, -0.15) is 0 Å². The molecule has 2 rings (SSSR count). The number of carbonyl (C=O) groups excluding carboxylic acids is 1. The molecule has 0 radical (unpaired) electrons. The molecule has 1 N–H and O–H groups in total. The highest BCUT2D eigenvalue weighted by molar-refractivity contribution is 9.10. The van der Waals surface area contributed by atoms with E-state index in [4.69, 9.17) is 0 Å². The van der Waals surface area contributed by atoms with Crippen molar-refractivity contribution in [3.8, 4) is 0 Å². The van der Waals surface area contributed by atoms with Gasteiger partial charge in [-0.1, -0.05) is 46.3 Å². The largest absolute Gasteiger partial charge is 0.350 e. The monoisotopic (exact) mass is 360 g/mol. The lowest BCUT2D eigenvalue weighted by atomic mass is 10.1. The molecule has 1 unspecified atom stereocenters. The molecule has 0 aliphatic carbocycles. The van der Waals surface area contributed by atoms with Crippen molar-refractivity contribution in [2.75, 3.05) is 20.6 Å². The molecule has 0 bridgehead atoms. The molecule has 4 heteroatoms. The highest BCUT2D eigenvalue weighted by Gasteiger charge is 2.14. The van der Waals surface area contributed by atoms with E-state index in [0.29, 0.717) is 12.1 Å². The third-order valence-corrected chi connectivity index (χ3v) is 4.18. The Balaban J connectivity index is 1.94. The van der Waals surface area contributed by atoms with Crippen molar-refractivity contribution in [2.45, 2.75) is 12.5 Å².